The summed E-state index contributed by atoms with van der Waals surface area (Å²) in [7, 11) is -2.39. The average Bonchev–Trinajstić information content (AvgIpc) is 3.08. The summed E-state index contributed by atoms with van der Waals surface area (Å²) >= 11 is 1.16. The number of aromatic nitrogens is 2. The summed E-state index contributed by atoms with van der Waals surface area (Å²) < 4.78 is 30.4. The molecule has 0 fully saturated rings. The van der Waals surface area contributed by atoms with E-state index >= 15 is 0 Å². The van der Waals surface area contributed by atoms with Crippen molar-refractivity contribution in [3.05, 3.63) is 34.8 Å². The van der Waals surface area contributed by atoms with Gasteiger partial charge < -0.3 is 10.1 Å². The van der Waals surface area contributed by atoms with Crippen molar-refractivity contribution in [2.24, 2.45) is 0 Å². The molecule has 1 aliphatic rings. The lowest BCUT2D eigenvalue weighted by atomic mass is 10.2. The van der Waals surface area contributed by atoms with Gasteiger partial charge in [0.25, 0.3) is 15.9 Å². The van der Waals surface area contributed by atoms with E-state index in [1.165, 1.54) is 19.2 Å². The molecule has 0 saturated carbocycles. The van der Waals surface area contributed by atoms with Crippen molar-refractivity contribution in [2.45, 2.75) is 17.9 Å². The molecule has 3 rings (SSSR count). The normalized spacial score (nSPS) is 15.2. The van der Waals surface area contributed by atoms with E-state index in [-0.39, 0.29) is 35.2 Å². The molecule has 2 heterocycles. The van der Waals surface area contributed by atoms with Crippen molar-refractivity contribution in [1.82, 2.24) is 14.5 Å². The Morgan fingerprint density at radius 3 is 2.80 bits per heavy atom. The summed E-state index contributed by atoms with van der Waals surface area (Å²) in [6.07, 6.45) is -0.182. The van der Waals surface area contributed by atoms with E-state index in [1.54, 1.807) is 12.1 Å². The van der Waals surface area contributed by atoms with Crippen LogP contribution in [-0.2, 0) is 26.2 Å². The van der Waals surface area contributed by atoms with Crippen molar-refractivity contribution in [3.8, 4) is 0 Å². The zero-order chi connectivity index (χ0) is 18.0. The second kappa shape index (κ2) is 6.86. The van der Waals surface area contributed by atoms with Crippen LogP contribution in [0.15, 0.2) is 29.2 Å². The van der Waals surface area contributed by atoms with Crippen LogP contribution >= 0.6 is 11.3 Å². The van der Waals surface area contributed by atoms with E-state index in [0.717, 1.165) is 11.3 Å². The van der Waals surface area contributed by atoms with Gasteiger partial charge in [0.2, 0.25) is 11.0 Å². The van der Waals surface area contributed by atoms with Gasteiger partial charge in [-0.2, -0.15) is 0 Å². The number of ether oxygens (including phenoxy) is 1. The highest BCUT2D eigenvalue weighted by atomic mass is 32.2. The van der Waals surface area contributed by atoms with Gasteiger partial charge in [0.05, 0.1) is 5.56 Å². The first-order valence-electron chi connectivity index (χ1n) is 7.20. The monoisotopic (exact) mass is 382 g/mol. The van der Waals surface area contributed by atoms with Gasteiger partial charge in [-0.1, -0.05) is 23.5 Å². The Morgan fingerprint density at radius 1 is 1.32 bits per heavy atom. The van der Waals surface area contributed by atoms with Crippen molar-refractivity contribution >= 4 is 38.3 Å². The van der Waals surface area contributed by atoms with E-state index in [0.29, 0.717) is 9.31 Å². The lowest BCUT2D eigenvalue weighted by Gasteiger charge is -2.14. The number of hydrogen-bond donors (Lipinski definition) is 1. The number of amides is 2. The summed E-state index contributed by atoms with van der Waals surface area (Å²) in [4.78, 5) is 24.2. The molecule has 0 bridgehead atoms. The molecule has 2 aromatic rings. The van der Waals surface area contributed by atoms with Crippen molar-refractivity contribution in [3.63, 3.8) is 0 Å². The molecule has 132 valence electrons. The number of carbonyl (C=O) groups excluding carboxylic acids is 2. The summed E-state index contributed by atoms with van der Waals surface area (Å²) in [6, 6.07) is 5.97. The molecule has 1 aliphatic heterocycles. The molecule has 0 unspecified atom stereocenters. The number of rotatable bonds is 6. The molecular formula is C14H14N4O5S2. The minimum absolute atomic E-state index is 0.0336. The van der Waals surface area contributed by atoms with Gasteiger partial charge in [0.15, 0.2) is 0 Å². The first kappa shape index (κ1) is 17.5. The SMILES string of the molecule is COCc1nnc(NC(=O)CCN2C(=O)c3ccccc3S2(=O)=O)s1. The minimum atomic E-state index is -3.91. The molecule has 9 nitrogen and oxygen atoms in total. The number of carbonyl (C=O) groups is 2. The molecule has 1 aromatic carbocycles. The summed E-state index contributed by atoms with van der Waals surface area (Å²) in [6.45, 7) is 0.0394. The van der Waals surface area contributed by atoms with Gasteiger partial charge >= 0.3 is 0 Å². The Bertz CT molecular complexity index is 925. The van der Waals surface area contributed by atoms with Gasteiger partial charge in [-0.05, 0) is 12.1 Å². The Morgan fingerprint density at radius 2 is 2.08 bits per heavy atom. The highest BCUT2D eigenvalue weighted by molar-refractivity contribution is 7.90. The highest BCUT2D eigenvalue weighted by Crippen LogP contribution is 2.29. The molecule has 1 N–H and O–H groups in total. The molecule has 0 saturated heterocycles. The fourth-order valence-electron chi connectivity index (χ4n) is 2.32. The van der Waals surface area contributed by atoms with E-state index < -0.39 is 21.8 Å². The second-order valence-electron chi connectivity index (χ2n) is 5.11. The van der Waals surface area contributed by atoms with Crippen LogP contribution in [0, 0.1) is 0 Å². The van der Waals surface area contributed by atoms with Crippen molar-refractivity contribution in [2.75, 3.05) is 19.0 Å². The number of nitrogens with zero attached hydrogens (tertiary/aromatic N) is 3. The Hall–Kier alpha value is -2.37. The number of anilines is 1. The van der Waals surface area contributed by atoms with Crippen LogP contribution in [-0.4, -0.2) is 48.4 Å². The number of hydrogen-bond acceptors (Lipinski definition) is 8. The third-order valence-electron chi connectivity index (χ3n) is 3.44. The van der Waals surface area contributed by atoms with Gasteiger partial charge in [-0.15, -0.1) is 10.2 Å². The third-order valence-corrected chi connectivity index (χ3v) is 6.09. The van der Waals surface area contributed by atoms with Gasteiger partial charge in [0, 0.05) is 20.1 Å². The highest BCUT2D eigenvalue weighted by Gasteiger charge is 2.40. The van der Waals surface area contributed by atoms with Crippen LogP contribution in [0.3, 0.4) is 0 Å². The van der Waals surface area contributed by atoms with Gasteiger partial charge in [-0.25, -0.2) is 12.7 Å². The summed E-state index contributed by atoms with van der Waals surface area (Å²) in [5, 5.41) is 11.0. The van der Waals surface area contributed by atoms with Gasteiger partial charge in [0.1, 0.15) is 16.5 Å². The standard InChI is InChI=1S/C14H14N4O5S2/c1-23-8-12-16-17-14(24-12)15-11(19)6-7-18-13(20)9-4-2-3-5-10(9)25(18,21)22/h2-5H,6-8H2,1H3,(H,15,17,19). The zero-order valence-electron chi connectivity index (χ0n) is 13.1. The molecule has 0 radical (unpaired) electrons. The maximum atomic E-state index is 12.4. The number of fused-ring (bicyclic) bond motifs is 1. The average molecular weight is 382 g/mol. The number of sulfonamides is 1. The number of methoxy groups -OCH3 is 1. The van der Waals surface area contributed by atoms with E-state index in [4.69, 9.17) is 4.74 Å². The maximum absolute atomic E-state index is 12.4. The number of nitrogens with one attached hydrogen (secondary N) is 1. The van der Waals surface area contributed by atoms with Crippen LogP contribution in [0.1, 0.15) is 21.8 Å². The predicted octanol–water partition coefficient (Wildman–Crippen LogP) is 0.858. The second-order valence-corrected chi connectivity index (χ2v) is 8.00. The number of benzene rings is 1. The first-order chi connectivity index (χ1) is 11.9. The summed E-state index contributed by atoms with van der Waals surface area (Å²) in [5.74, 6) is -1.08. The molecule has 0 spiro atoms. The van der Waals surface area contributed by atoms with Crippen LogP contribution in [0.4, 0.5) is 5.13 Å². The molecule has 0 atom stereocenters. The van der Waals surface area contributed by atoms with Crippen molar-refractivity contribution in [1.29, 1.82) is 0 Å². The van der Waals surface area contributed by atoms with Gasteiger partial charge in [-0.3, -0.25) is 9.59 Å². The maximum Gasteiger partial charge on any atom is 0.269 e. The van der Waals surface area contributed by atoms with E-state index in [1.807, 2.05) is 0 Å². The lowest BCUT2D eigenvalue weighted by Crippen LogP contribution is -2.33. The quantitative estimate of drug-likeness (QED) is 0.787. The Balaban J connectivity index is 1.63. The molecule has 0 aliphatic carbocycles. The lowest BCUT2D eigenvalue weighted by molar-refractivity contribution is -0.116. The predicted molar refractivity (Wildman–Crippen MR) is 88.5 cm³/mol. The fraction of sp³-hybridized carbons (Fsp3) is 0.286. The molecule has 1 aromatic heterocycles. The Labute approximate surface area is 147 Å². The largest absolute Gasteiger partial charge is 0.377 e. The fourth-order valence-corrected chi connectivity index (χ4v) is 4.62. The molecule has 2 amide bonds. The van der Waals surface area contributed by atoms with E-state index in [2.05, 4.69) is 15.5 Å². The van der Waals surface area contributed by atoms with Crippen molar-refractivity contribution < 1.29 is 22.7 Å². The smallest absolute Gasteiger partial charge is 0.269 e. The summed E-state index contributed by atoms with van der Waals surface area (Å²) in [5.41, 5.74) is 0.122. The topological polar surface area (TPSA) is 119 Å². The zero-order valence-corrected chi connectivity index (χ0v) is 14.8. The van der Waals surface area contributed by atoms with Crippen LogP contribution in [0.25, 0.3) is 0 Å². The minimum Gasteiger partial charge on any atom is -0.377 e. The molecular weight excluding hydrogens is 368 g/mol. The third kappa shape index (κ3) is 3.38. The van der Waals surface area contributed by atoms with E-state index in [9.17, 15) is 18.0 Å². The van der Waals surface area contributed by atoms with Crippen LogP contribution in [0.2, 0.25) is 0 Å². The molecule has 25 heavy (non-hydrogen) atoms. The first-order valence-corrected chi connectivity index (χ1v) is 9.46. The van der Waals surface area contributed by atoms with Crippen LogP contribution in [0.5, 0.6) is 0 Å². The Kier molecular flexibility index (Phi) is 4.79. The molecule has 11 heteroatoms. The van der Waals surface area contributed by atoms with Crippen LogP contribution < -0.4 is 5.32 Å².